The minimum atomic E-state index is -0.143. The van der Waals surface area contributed by atoms with E-state index in [9.17, 15) is 9.59 Å². The lowest BCUT2D eigenvalue weighted by Crippen LogP contribution is -2.46. The summed E-state index contributed by atoms with van der Waals surface area (Å²) in [6, 6.07) is 0.0331. The van der Waals surface area contributed by atoms with E-state index in [0.29, 0.717) is 37.5 Å². The highest BCUT2D eigenvalue weighted by Crippen LogP contribution is 2.19. The maximum absolute atomic E-state index is 12.2. The normalized spacial score (nSPS) is 17.4. The topological polar surface area (TPSA) is 90.1 Å². The number of nitrogens with zero attached hydrogens (tertiary/aromatic N) is 2. The first-order valence-electron chi connectivity index (χ1n) is 7.82. The molecular weight excluding hydrogens is 282 g/mol. The van der Waals surface area contributed by atoms with E-state index >= 15 is 0 Å². The fourth-order valence-corrected chi connectivity index (χ4v) is 2.38. The van der Waals surface area contributed by atoms with Crippen LogP contribution in [-0.4, -0.2) is 46.2 Å². The number of aromatic nitrogens is 2. The van der Waals surface area contributed by atoms with Crippen molar-refractivity contribution in [1.29, 1.82) is 0 Å². The Kier molecular flexibility index (Phi) is 5.41. The molecule has 0 aliphatic carbocycles. The smallest absolute Gasteiger partial charge is 0.321 e. The van der Waals surface area contributed by atoms with Crippen molar-refractivity contribution < 1.29 is 9.59 Å². The van der Waals surface area contributed by atoms with Gasteiger partial charge in [0.2, 0.25) is 5.91 Å². The van der Waals surface area contributed by atoms with Crippen LogP contribution in [0.2, 0.25) is 0 Å². The Morgan fingerprint density at radius 3 is 2.55 bits per heavy atom. The largest absolute Gasteiger partial charge is 0.353 e. The minimum Gasteiger partial charge on any atom is -0.353 e. The van der Waals surface area contributed by atoms with E-state index in [2.05, 4.69) is 34.7 Å². The highest BCUT2D eigenvalue weighted by atomic mass is 16.2. The number of carbonyl (C=O) groups excluding carboxylic acids is 2. The lowest BCUT2D eigenvalue weighted by molar-refractivity contribution is -0.127. The van der Waals surface area contributed by atoms with Crippen LogP contribution in [0.25, 0.3) is 0 Å². The second-order valence-corrected chi connectivity index (χ2v) is 6.22. The Morgan fingerprint density at radius 2 is 2.00 bits per heavy atom. The van der Waals surface area contributed by atoms with Crippen LogP contribution in [0.3, 0.4) is 0 Å². The van der Waals surface area contributed by atoms with Crippen molar-refractivity contribution in [2.24, 2.45) is 11.8 Å². The standard InChI is InChI=1S/C15H25N5O2/c1-10(2)11(3)18-14(21)12-4-6-20(7-5-12)15(22)19-13-8-16-17-9-13/h8-12H,4-7H2,1-3H3,(H,16,17)(H,18,21)(H,19,22). The van der Waals surface area contributed by atoms with Crippen LogP contribution in [0.15, 0.2) is 12.4 Å². The zero-order chi connectivity index (χ0) is 16.1. The summed E-state index contributed by atoms with van der Waals surface area (Å²) >= 11 is 0. The summed E-state index contributed by atoms with van der Waals surface area (Å²) in [6.07, 6.45) is 4.60. The van der Waals surface area contributed by atoms with Crippen molar-refractivity contribution in [3.8, 4) is 0 Å². The first kappa shape index (κ1) is 16.3. The first-order chi connectivity index (χ1) is 10.5. The third-order valence-electron chi connectivity index (χ3n) is 4.27. The highest BCUT2D eigenvalue weighted by Gasteiger charge is 2.28. The number of H-pyrrole nitrogens is 1. The number of piperidine rings is 1. The molecule has 0 radical (unpaired) electrons. The van der Waals surface area contributed by atoms with Crippen molar-refractivity contribution in [2.45, 2.75) is 39.7 Å². The third kappa shape index (κ3) is 4.22. The molecule has 0 saturated carbocycles. The van der Waals surface area contributed by atoms with Gasteiger partial charge in [-0.3, -0.25) is 9.89 Å². The number of likely N-dealkylation sites (tertiary alicyclic amines) is 1. The van der Waals surface area contributed by atoms with Crippen molar-refractivity contribution >= 4 is 17.6 Å². The minimum absolute atomic E-state index is 0.000764. The zero-order valence-electron chi connectivity index (χ0n) is 13.4. The molecule has 7 heteroatoms. The number of amides is 3. The van der Waals surface area contributed by atoms with Gasteiger partial charge in [0.1, 0.15) is 0 Å². The van der Waals surface area contributed by atoms with Crippen LogP contribution in [0.1, 0.15) is 33.6 Å². The fourth-order valence-electron chi connectivity index (χ4n) is 2.38. The van der Waals surface area contributed by atoms with E-state index in [1.807, 2.05) is 6.92 Å². The summed E-state index contributed by atoms with van der Waals surface area (Å²) in [5.41, 5.74) is 0.649. The lowest BCUT2D eigenvalue weighted by atomic mass is 9.95. The molecule has 0 spiro atoms. The molecule has 1 saturated heterocycles. The molecule has 7 nitrogen and oxygen atoms in total. The molecule has 1 atom stereocenters. The molecule has 0 aromatic carbocycles. The van der Waals surface area contributed by atoms with Gasteiger partial charge in [0.05, 0.1) is 11.9 Å². The molecule has 1 fully saturated rings. The highest BCUT2D eigenvalue weighted by molar-refractivity contribution is 5.89. The van der Waals surface area contributed by atoms with Crippen LogP contribution < -0.4 is 10.6 Å². The number of carbonyl (C=O) groups is 2. The molecule has 122 valence electrons. The monoisotopic (exact) mass is 307 g/mol. The van der Waals surface area contributed by atoms with Gasteiger partial charge in [0.15, 0.2) is 0 Å². The van der Waals surface area contributed by atoms with E-state index in [0.717, 1.165) is 0 Å². The van der Waals surface area contributed by atoms with E-state index in [-0.39, 0.29) is 23.9 Å². The molecule has 3 N–H and O–H groups in total. The third-order valence-corrected chi connectivity index (χ3v) is 4.27. The number of urea groups is 1. The Labute approximate surface area is 130 Å². The van der Waals surface area contributed by atoms with Crippen LogP contribution in [0.4, 0.5) is 10.5 Å². The van der Waals surface area contributed by atoms with Gasteiger partial charge in [0, 0.05) is 31.2 Å². The molecule has 1 aliphatic rings. The SMILES string of the molecule is CC(C)C(C)NC(=O)C1CCN(C(=O)Nc2cn[nH]c2)CC1. The second-order valence-electron chi connectivity index (χ2n) is 6.22. The number of rotatable bonds is 4. The maximum Gasteiger partial charge on any atom is 0.321 e. The summed E-state index contributed by atoms with van der Waals surface area (Å²) in [6.45, 7) is 7.40. The molecule has 2 heterocycles. The van der Waals surface area contributed by atoms with Gasteiger partial charge in [-0.1, -0.05) is 13.8 Å². The van der Waals surface area contributed by atoms with E-state index in [1.54, 1.807) is 17.3 Å². The van der Waals surface area contributed by atoms with Crippen molar-refractivity contribution in [3.63, 3.8) is 0 Å². The van der Waals surface area contributed by atoms with Crippen molar-refractivity contribution in [3.05, 3.63) is 12.4 Å². The maximum atomic E-state index is 12.2. The Morgan fingerprint density at radius 1 is 1.32 bits per heavy atom. The zero-order valence-corrected chi connectivity index (χ0v) is 13.4. The molecule has 3 amide bonds. The summed E-state index contributed by atoms with van der Waals surface area (Å²) in [5, 5.41) is 12.3. The molecular formula is C15H25N5O2. The first-order valence-corrected chi connectivity index (χ1v) is 7.82. The second kappa shape index (κ2) is 7.29. The average Bonchev–Trinajstić information content (AvgIpc) is 3.00. The average molecular weight is 307 g/mol. The van der Waals surface area contributed by atoms with Gasteiger partial charge >= 0.3 is 6.03 Å². The summed E-state index contributed by atoms with van der Waals surface area (Å²) < 4.78 is 0. The summed E-state index contributed by atoms with van der Waals surface area (Å²) in [7, 11) is 0. The molecule has 1 aromatic heterocycles. The number of nitrogens with one attached hydrogen (secondary N) is 3. The van der Waals surface area contributed by atoms with Crippen LogP contribution in [-0.2, 0) is 4.79 Å². The number of hydrogen-bond acceptors (Lipinski definition) is 3. The van der Waals surface area contributed by atoms with Crippen LogP contribution >= 0.6 is 0 Å². The van der Waals surface area contributed by atoms with Gasteiger partial charge in [-0.05, 0) is 25.7 Å². The lowest BCUT2D eigenvalue weighted by Gasteiger charge is -2.32. The van der Waals surface area contributed by atoms with Gasteiger partial charge in [0.25, 0.3) is 0 Å². The van der Waals surface area contributed by atoms with E-state index in [1.165, 1.54) is 0 Å². The predicted octanol–water partition coefficient (Wildman–Crippen LogP) is 1.81. The van der Waals surface area contributed by atoms with Crippen LogP contribution in [0.5, 0.6) is 0 Å². The number of anilines is 1. The molecule has 1 unspecified atom stereocenters. The number of hydrogen-bond donors (Lipinski definition) is 3. The molecule has 1 aliphatic heterocycles. The Hall–Kier alpha value is -2.05. The molecule has 1 aromatic rings. The van der Waals surface area contributed by atoms with Crippen molar-refractivity contribution in [2.75, 3.05) is 18.4 Å². The van der Waals surface area contributed by atoms with Gasteiger partial charge < -0.3 is 15.5 Å². The van der Waals surface area contributed by atoms with Gasteiger partial charge in [-0.2, -0.15) is 5.10 Å². The quantitative estimate of drug-likeness (QED) is 0.792. The molecule has 0 bridgehead atoms. The number of aromatic amines is 1. The fraction of sp³-hybridized carbons (Fsp3) is 0.667. The van der Waals surface area contributed by atoms with E-state index in [4.69, 9.17) is 0 Å². The molecule has 22 heavy (non-hydrogen) atoms. The summed E-state index contributed by atoms with van der Waals surface area (Å²) in [4.78, 5) is 26.0. The van der Waals surface area contributed by atoms with Crippen molar-refractivity contribution in [1.82, 2.24) is 20.4 Å². The Balaban J connectivity index is 1.77. The summed E-state index contributed by atoms with van der Waals surface area (Å²) in [5.74, 6) is 0.528. The Bertz CT molecular complexity index is 492. The van der Waals surface area contributed by atoms with E-state index < -0.39 is 0 Å². The van der Waals surface area contributed by atoms with Crippen LogP contribution in [0, 0.1) is 11.8 Å². The van der Waals surface area contributed by atoms with Gasteiger partial charge in [-0.25, -0.2) is 4.79 Å². The predicted molar refractivity (Wildman–Crippen MR) is 84.3 cm³/mol. The molecule has 2 rings (SSSR count). The van der Waals surface area contributed by atoms with Gasteiger partial charge in [-0.15, -0.1) is 0 Å².